The van der Waals surface area contributed by atoms with E-state index in [2.05, 4.69) is 10.3 Å². The molecule has 0 aliphatic carbocycles. The Hall–Kier alpha value is -1.63. The molecule has 1 saturated heterocycles. The number of nitrogens with zero attached hydrogens (tertiary/aromatic N) is 2. The predicted octanol–water partition coefficient (Wildman–Crippen LogP) is 0.00640. The lowest BCUT2D eigenvalue weighted by atomic mass is 10.3. The summed E-state index contributed by atoms with van der Waals surface area (Å²) in [6.07, 6.45) is 2.27. The van der Waals surface area contributed by atoms with E-state index in [-0.39, 0.29) is 24.8 Å². The van der Waals surface area contributed by atoms with Gasteiger partial charge in [0, 0.05) is 18.5 Å². The molecule has 0 spiro atoms. The molecule has 1 fully saturated rings. The van der Waals surface area contributed by atoms with Crippen molar-refractivity contribution >= 4 is 28.3 Å². The van der Waals surface area contributed by atoms with Crippen LogP contribution in [-0.2, 0) is 16.0 Å². The Morgan fingerprint density at radius 2 is 2.17 bits per heavy atom. The van der Waals surface area contributed by atoms with Crippen molar-refractivity contribution in [3.63, 3.8) is 0 Å². The molecule has 2 rings (SSSR count). The van der Waals surface area contributed by atoms with Crippen molar-refractivity contribution in [1.82, 2.24) is 15.2 Å². The first kappa shape index (κ1) is 12.8. The van der Waals surface area contributed by atoms with Crippen molar-refractivity contribution in [2.24, 2.45) is 0 Å². The fourth-order valence-electron chi connectivity index (χ4n) is 1.88. The molecule has 1 aliphatic heterocycles. The number of anilines is 1. The molecule has 7 heteroatoms. The van der Waals surface area contributed by atoms with E-state index in [0.717, 1.165) is 25.9 Å². The van der Waals surface area contributed by atoms with Gasteiger partial charge in [-0.1, -0.05) is 0 Å². The van der Waals surface area contributed by atoms with Crippen LogP contribution >= 0.6 is 11.3 Å². The number of rotatable bonds is 4. The third kappa shape index (κ3) is 3.43. The molecule has 1 aromatic heterocycles. The summed E-state index contributed by atoms with van der Waals surface area (Å²) in [5.74, 6) is -0.216. The minimum absolute atomic E-state index is 0.0151. The number of amides is 2. The van der Waals surface area contributed by atoms with Crippen molar-refractivity contribution in [2.75, 3.05) is 25.4 Å². The first-order valence-corrected chi connectivity index (χ1v) is 6.77. The summed E-state index contributed by atoms with van der Waals surface area (Å²) in [5, 5.41) is 4.81. The molecule has 2 heterocycles. The summed E-state index contributed by atoms with van der Waals surface area (Å²) in [6.45, 7) is 1.67. The highest BCUT2D eigenvalue weighted by molar-refractivity contribution is 7.13. The van der Waals surface area contributed by atoms with Gasteiger partial charge in [0.15, 0.2) is 5.13 Å². The first-order chi connectivity index (χ1) is 8.65. The number of carbonyl (C=O) groups is 2. The van der Waals surface area contributed by atoms with E-state index in [4.69, 9.17) is 5.73 Å². The summed E-state index contributed by atoms with van der Waals surface area (Å²) in [6, 6.07) is 0. The zero-order valence-electron chi connectivity index (χ0n) is 10.0. The molecule has 1 aromatic rings. The van der Waals surface area contributed by atoms with Crippen molar-refractivity contribution in [3.05, 3.63) is 11.1 Å². The van der Waals surface area contributed by atoms with Gasteiger partial charge in [-0.15, -0.1) is 11.3 Å². The van der Waals surface area contributed by atoms with Crippen LogP contribution in [0.1, 0.15) is 18.5 Å². The molecule has 2 amide bonds. The maximum atomic E-state index is 11.7. The highest BCUT2D eigenvalue weighted by Gasteiger charge is 2.18. The Labute approximate surface area is 109 Å². The van der Waals surface area contributed by atoms with E-state index in [1.807, 2.05) is 0 Å². The maximum Gasteiger partial charge on any atom is 0.241 e. The number of carbonyl (C=O) groups excluding carboxylic acids is 2. The molecule has 0 radical (unpaired) electrons. The molecular weight excluding hydrogens is 252 g/mol. The lowest BCUT2D eigenvalue weighted by Gasteiger charge is -2.15. The van der Waals surface area contributed by atoms with Gasteiger partial charge in [0.2, 0.25) is 11.8 Å². The fraction of sp³-hybridized carbons (Fsp3) is 0.545. The second kappa shape index (κ2) is 5.81. The van der Waals surface area contributed by atoms with Crippen LogP contribution in [-0.4, -0.2) is 41.3 Å². The molecular formula is C11H16N4O2S. The standard InChI is InChI=1S/C11H16N4O2S/c12-11-14-8(7-18-11)5-9(16)13-6-10(17)15-3-1-2-4-15/h7H,1-6H2,(H2,12,14)(H,13,16). The second-order valence-corrected chi connectivity index (χ2v) is 5.11. The highest BCUT2D eigenvalue weighted by Crippen LogP contribution is 2.11. The number of hydrogen-bond donors (Lipinski definition) is 2. The van der Waals surface area contributed by atoms with Crippen LogP contribution in [0, 0.1) is 0 Å². The number of nitrogens with two attached hydrogens (primary N) is 1. The van der Waals surface area contributed by atoms with Crippen molar-refractivity contribution in [3.8, 4) is 0 Å². The number of likely N-dealkylation sites (tertiary alicyclic amines) is 1. The van der Waals surface area contributed by atoms with Gasteiger partial charge in [0.25, 0.3) is 0 Å². The number of hydrogen-bond acceptors (Lipinski definition) is 5. The number of thiazole rings is 1. The zero-order chi connectivity index (χ0) is 13.0. The Morgan fingerprint density at radius 3 is 2.78 bits per heavy atom. The molecule has 0 unspecified atom stereocenters. The molecule has 98 valence electrons. The minimum atomic E-state index is -0.201. The molecule has 1 aliphatic rings. The van der Waals surface area contributed by atoms with E-state index < -0.39 is 0 Å². The van der Waals surface area contributed by atoms with Gasteiger partial charge in [-0.3, -0.25) is 9.59 Å². The van der Waals surface area contributed by atoms with Gasteiger partial charge in [-0.05, 0) is 12.8 Å². The highest BCUT2D eigenvalue weighted by atomic mass is 32.1. The molecule has 0 aromatic carbocycles. The molecule has 0 atom stereocenters. The average Bonchev–Trinajstić information content (AvgIpc) is 2.97. The molecule has 0 saturated carbocycles. The van der Waals surface area contributed by atoms with Gasteiger partial charge in [-0.2, -0.15) is 0 Å². The number of aromatic nitrogens is 1. The number of nitrogen functional groups attached to an aromatic ring is 1. The van der Waals surface area contributed by atoms with Crippen LogP contribution in [0.5, 0.6) is 0 Å². The van der Waals surface area contributed by atoms with Crippen LogP contribution < -0.4 is 11.1 Å². The van der Waals surface area contributed by atoms with Gasteiger partial charge < -0.3 is 16.0 Å². The Morgan fingerprint density at radius 1 is 1.44 bits per heavy atom. The van der Waals surface area contributed by atoms with Crippen LogP contribution in [0.25, 0.3) is 0 Å². The van der Waals surface area contributed by atoms with Crippen molar-refractivity contribution < 1.29 is 9.59 Å². The average molecular weight is 268 g/mol. The van der Waals surface area contributed by atoms with Crippen LogP contribution in [0.2, 0.25) is 0 Å². The third-order valence-electron chi connectivity index (χ3n) is 2.81. The summed E-state index contributed by atoms with van der Waals surface area (Å²) in [4.78, 5) is 29.0. The van der Waals surface area contributed by atoms with E-state index in [1.165, 1.54) is 11.3 Å². The zero-order valence-corrected chi connectivity index (χ0v) is 10.8. The normalized spacial score (nSPS) is 14.8. The summed E-state index contributed by atoms with van der Waals surface area (Å²) in [7, 11) is 0. The van der Waals surface area contributed by atoms with Gasteiger partial charge in [0.05, 0.1) is 18.7 Å². The Balaban J connectivity index is 1.72. The number of nitrogens with one attached hydrogen (secondary N) is 1. The summed E-state index contributed by atoms with van der Waals surface area (Å²) >= 11 is 1.30. The van der Waals surface area contributed by atoms with E-state index in [1.54, 1.807) is 10.3 Å². The van der Waals surface area contributed by atoms with Crippen molar-refractivity contribution in [1.29, 1.82) is 0 Å². The Kier molecular flexibility index (Phi) is 4.14. The second-order valence-electron chi connectivity index (χ2n) is 4.22. The monoisotopic (exact) mass is 268 g/mol. The lowest BCUT2D eigenvalue weighted by molar-refractivity contribution is -0.131. The van der Waals surface area contributed by atoms with Gasteiger partial charge in [-0.25, -0.2) is 4.98 Å². The smallest absolute Gasteiger partial charge is 0.241 e. The fourth-order valence-corrected chi connectivity index (χ4v) is 2.45. The van der Waals surface area contributed by atoms with E-state index >= 15 is 0 Å². The molecule has 6 nitrogen and oxygen atoms in total. The topological polar surface area (TPSA) is 88.3 Å². The van der Waals surface area contributed by atoms with E-state index in [0.29, 0.717) is 10.8 Å². The largest absolute Gasteiger partial charge is 0.375 e. The molecule has 0 bridgehead atoms. The van der Waals surface area contributed by atoms with E-state index in [9.17, 15) is 9.59 Å². The van der Waals surface area contributed by atoms with Gasteiger partial charge >= 0.3 is 0 Å². The minimum Gasteiger partial charge on any atom is -0.375 e. The SMILES string of the molecule is Nc1nc(CC(=O)NCC(=O)N2CCCC2)cs1. The van der Waals surface area contributed by atoms with Crippen LogP contribution in [0.15, 0.2) is 5.38 Å². The lowest BCUT2D eigenvalue weighted by Crippen LogP contribution is -2.39. The van der Waals surface area contributed by atoms with Crippen LogP contribution in [0.3, 0.4) is 0 Å². The maximum absolute atomic E-state index is 11.7. The third-order valence-corrected chi connectivity index (χ3v) is 3.53. The summed E-state index contributed by atoms with van der Waals surface area (Å²) < 4.78 is 0. The Bertz CT molecular complexity index is 440. The first-order valence-electron chi connectivity index (χ1n) is 5.89. The molecule has 18 heavy (non-hydrogen) atoms. The quantitative estimate of drug-likeness (QED) is 0.805. The van der Waals surface area contributed by atoms with Gasteiger partial charge in [0.1, 0.15) is 0 Å². The van der Waals surface area contributed by atoms with Crippen molar-refractivity contribution in [2.45, 2.75) is 19.3 Å². The predicted molar refractivity (Wildman–Crippen MR) is 69.1 cm³/mol. The van der Waals surface area contributed by atoms with Crippen LogP contribution in [0.4, 0.5) is 5.13 Å². The summed E-state index contributed by atoms with van der Waals surface area (Å²) in [5.41, 5.74) is 6.12. The molecule has 3 N–H and O–H groups in total.